The molecule has 0 spiro atoms. The van der Waals surface area contributed by atoms with Crippen molar-refractivity contribution in [2.75, 3.05) is 0 Å². The topological polar surface area (TPSA) is 0 Å². The Hall–Kier alpha value is -1.63. The molecule has 1 heteroatoms. The molecule has 1 fully saturated rings. The minimum atomic E-state index is -0.0636. The highest BCUT2D eigenvalue weighted by molar-refractivity contribution is 5.65. The van der Waals surface area contributed by atoms with E-state index in [1.807, 2.05) is 12.1 Å². The second-order valence-corrected chi connectivity index (χ2v) is 9.11. The van der Waals surface area contributed by atoms with Gasteiger partial charge < -0.3 is 0 Å². The molecule has 0 bridgehead atoms. The predicted molar refractivity (Wildman–Crippen MR) is 124 cm³/mol. The highest BCUT2D eigenvalue weighted by Gasteiger charge is 2.22. The standard InChI is InChI=1S/C28H39F/c1-3-5-7-9-22-11-15-24(16-12-22)26-19-20-27(28(29)21-26)25-17-13-23(14-18-25)10-8-6-4-2/h13-14,17-22,24H,3-12,15-16H2,1-2H3. The summed E-state index contributed by atoms with van der Waals surface area (Å²) in [4.78, 5) is 0. The van der Waals surface area contributed by atoms with Gasteiger partial charge in [0.05, 0.1) is 0 Å². The van der Waals surface area contributed by atoms with Crippen molar-refractivity contribution in [3.05, 3.63) is 59.4 Å². The molecule has 0 saturated heterocycles. The largest absolute Gasteiger partial charge is 0.206 e. The van der Waals surface area contributed by atoms with Crippen LogP contribution in [-0.4, -0.2) is 0 Å². The summed E-state index contributed by atoms with van der Waals surface area (Å²) in [6, 6.07) is 14.5. The number of hydrogen-bond acceptors (Lipinski definition) is 0. The lowest BCUT2D eigenvalue weighted by Gasteiger charge is -2.29. The predicted octanol–water partition coefficient (Wildman–Crippen LogP) is 9.08. The van der Waals surface area contributed by atoms with E-state index in [1.165, 1.54) is 81.8 Å². The van der Waals surface area contributed by atoms with Crippen molar-refractivity contribution in [2.24, 2.45) is 5.92 Å². The van der Waals surface area contributed by atoms with Crippen molar-refractivity contribution in [3.63, 3.8) is 0 Å². The van der Waals surface area contributed by atoms with E-state index < -0.39 is 0 Å². The molecule has 0 aliphatic heterocycles. The summed E-state index contributed by atoms with van der Waals surface area (Å²) in [5, 5.41) is 0. The molecular formula is C28H39F. The molecule has 0 atom stereocenters. The van der Waals surface area contributed by atoms with Gasteiger partial charge in [-0.2, -0.15) is 0 Å². The van der Waals surface area contributed by atoms with E-state index in [0.29, 0.717) is 5.92 Å². The summed E-state index contributed by atoms with van der Waals surface area (Å²) >= 11 is 0. The van der Waals surface area contributed by atoms with Crippen LogP contribution in [0.5, 0.6) is 0 Å². The first-order chi connectivity index (χ1) is 14.2. The monoisotopic (exact) mass is 394 g/mol. The quantitative estimate of drug-likeness (QED) is 0.352. The second-order valence-electron chi connectivity index (χ2n) is 9.11. The van der Waals surface area contributed by atoms with E-state index in [0.717, 1.165) is 23.5 Å². The van der Waals surface area contributed by atoms with Crippen molar-refractivity contribution in [1.29, 1.82) is 0 Å². The molecule has 0 heterocycles. The summed E-state index contributed by atoms with van der Waals surface area (Å²) < 4.78 is 14.9. The maximum absolute atomic E-state index is 14.9. The number of benzene rings is 2. The number of halogens is 1. The zero-order valence-corrected chi connectivity index (χ0v) is 18.6. The fourth-order valence-corrected chi connectivity index (χ4v) is 4.92. The van der Waals surface area contributed by atoms with Crippen LogP contribution in [0.25, 0.3) is 11.1 Å². The van der Waals surface area contributed by atoms with Gasteiger partial charge in [0.25, 0.3) is 0 Å². The summed E-state index contributed by atoms with van der Waals surface area (Å²) in [6.45, 7) is 4.51. The normalized spacial score (nSPS) is 19.4. The van der Waals surface area contributed by atoms with Crippen LogP contribution in [0.1, 0.15) is 102 Å². The van der Waals surface area contributed by atoms with Gasteiger partial charge in [0, 0.05) is 5.56 Å². The van der Waals surface area contributed by atoms with Gasteiger partial charge in [-0.05, 0) is 73.1 Å². The van der Waals surface area contributed by atoms with Crippen molar-refractivity contribution < 1.29 is 4.39 Å². The second kappa shape index (κ2) is 11.5. The molecule has 2 aromatic rings. The molecule has 0 N–H and O–H groups in total. The van der Waals surface area contributed by atoms with Gasteiger partial charge >= 0.3 is 0 Å². The molecule has 2 aromatic carbocycles. The van der Waals surface area contributed by atoms with E-state index in [9.17, 15) is 4.39 Å². The molecule has 0 nitrogen and oxygen atoms in total. The Morgan fingerprint density at radius 1 is 0.793 bits per heavy atom. The number of unbranched alkanes of at least 4 members (excludes halogenated alkanes) is 4. The van der Waals surface area contributed by atoms with E-state index in [4.69, 9.17) is 0 Å². The zero-order chi connectivity index (χ0) is 20.5. The fourth-order valence-electron chi connectivity index (χ4n) is 4.92. The SMILES string of the molecule is CCCCCc1ccc(-c2ccc(C3CCC(CCCCC)CC3)cc2F)cc1. The minimum Gasteiger partial charge on any atom is -0.206 e. The van der Waals surface area contributed by atoms with Crippen molar-refractivity contribution in [3.8, 4) is 11.1 Å². The van der Waals surface area contributed by atoms with Gasteiger partial charge in [-0.1, -0.05) is 88.8 Å². The van der Waals surface area contributed by atoms with E-state index in [2.05, 4.69) is 44.2 Å². The highest BCUT2D eigenvalue weighted by Crippen LogP contribution is 2.38. The Balaban J connectivity index is 1.58. The summed E-state index contributed by atoms with van der Waals surface area (Å²) in [5.74, 6) is 1.38. The molecule has 0 amide bonds. The Bertz CT molecular complexity index is 722. The molecule has 3 rings (SSSR count). The Morgan fingerprint density at radius 2 is 1.48 bits per heavy atom. The first-order valence-electron chi connectivity index (χ1n) is 12.1. The Labute approximate surface area is 177 Å². The zero-order valence-electron chi connectivity index (χ0n) is 18.6. The van der Waals surface area contributed by atoms with Crippen LogP contribution in [0.2, 0.25) is 0 Å². The van der Waals surface area contributed by atoms with Crippen LogP contribution in [0.4, 0.5) is 4.39 Å². The molecule has 1 aliphatic carbocycles. The van der Waals surface area contributed by atoms with E-state index >= 15 is 0 Å². The van der Waals surface area contributed by atoms with E-state index in [1.54, 1.807) is 0 Å². The summed E-state index contributed by atoms with van der Waals surface area (Å²) in [7, 11) is 0. The first kappa shape index (κ1) is 22.1. The van der Waals surface area contributed by atoms with Crippen LogP contribution < -0.4 is 0 Å². The summed E-state index contributed by atoms with van der Waals surface area (Å²) in [5.41, 5.74) is 4.29. The van der Waals surface area contributed by atoms with E-state index in [-0.39, 0.29) is 5.82 Å². The third-order valence-corrected chi connectivity index (χ3v) is 6.86. The average molecular weight is 395 g/mol. The van der Waals surface area contributed by atoms with Crippen molar-refractivity contribution >= 4 is 0 Å². The van der Waals surface area contributed by atoms with Crippen molar-refractivity contribution in [2.45, 2.75) is 96.8 Å². The molecular weight excluding hydrogens is 355 g/mol. The maximum Gasteiger partial charge on any atom is 0.131 e. The minimum absolute atomic E-state index is 0.0636. The highest BCUT2D eigenvalue weighted by atomic mass is 19.1. The van der Waals surface area contributed by atoms with Crippen LogP contribution in [0.3, 0.4) is 0 Å². The Kier molecular flexibility index (Phi) is 8.77. The number of aryl methyl sites for hydroxylation is 1. The average Bonchev–Trinajstić information content (AvgIpc) is 2.75. The fraction of sp³-hybridized carbons (Fsp3) is 0.571. The molecule has 0 unspecified atom stereocenters. The smallest absolute Gasteiger partial charge is 0.131 e. The summed E-state index contributed by atoms with van der Waals surface area (Å²) in [6.07, 6.45) is 15.4. The van der Waals surface area contributed by atoms with Gasteiger partial charge in [-0.15, -0.1) is 0 Å². The van der Waals surface area contributed by atoms with Crippen LogP contribution >= 0.6 is 0 Å². The van der Waals surface area contributed by atoms with Crippen LogP contribution in [0.15, 0.2) is 42.5 Å². The molecule has 29 heavy (non-hydrogen) atoms. The first-order valence-corrected chi connectivity index (χ1v) is 12.1. The van der Waals surface area contributed by atoms with Crippen molar-refractivity contribution in [1.82, 2.24) is 0 Å². The molecule has 0 aromatic heterocycles. The van der Waals surface area contributed by atoms with Gasteiger partial charge in [-0.25, -0.2) is 4.39 Å². The number of rotatable bonds is 10. The lowest BCUT2D eigenvalue weighted by molar-refractivity contribution is 0.302. The molecule has 158 valence electrons. The van der Waals surface area contributed by atoms with Gasteiger partial charge in [-0.3, -0.25) is 0 Å². The van der Waals surface area contributed by atoms with Gasteiger partial charge in [0.15, 0.2) is 0 Å². The molecule has 0 radical (unpaired) electrons. The maximum atomic E-state index is 14.9. The number of hydrogen-bond donors (Lipinski definition) is 0. The van der Waals surface area contributed by atoms with Gasteiger partial charge in [0.1, 0.15) is 5.82 Å². The third-order valence-electron chi connectivity index (χ3n) is 6.86. The lowest BCUT2D eigenvalue weighted by atomic mass is 9.77. The lowest BCUT2D eigenvalue weighted by Crippen LogP contribution is -2.13. The molecule has 1 saturated carbocycles. The van der Waals surface area contributed by atoms with Gasteiger partial charge in [0.2, 0.25) is 0 Å². The van der Waals surface area contributed by atoms with Crippen LogP contribution in [-0.2, 0) is 6.42 Å². The third kappa shape index (κ3) is 6.43. The Morgan fingerprint density at radius 3 is 2.14 bits per heavy atom. The molecule has 1 aliphatic rings. The van der Waals surface area contributed by atoms with Crippen LogP contribution in [0, 0.1) is 11.7 Å².